The third-order valence-corrected chi connectivity index (χ3v) is 4.77. The molecule has 5 heteroatoms. The van der Waals surface area contributed by atoms with Gasteiger partial charge in [0.05, 0.1) is 10.7 Å². The van der Waals surface area contributed by atoms with Crippen LogP contribution in [0.3, 0.4) is 0 Å². The first kappa shape index (κ1) is 13.7. The van der Waals surface area contributed by atoms with Gasteiger partial charge in [0.25, 0.3) is 0 Å². The van der Waals surface area contributed by atoms with Gasteiger partial charge in [0.1, 0.15) is 5.56 Å². The maximum absolute atomic E-state index is 11.5. The van der Waals surface area contributed by atoms with Gasteiger partial charge in [0.15, 0.2) is 0 Å². The molecule has 0 amide bonds. The molecule has 2 heterocycles. The summed E-state index contributed by atoms with van der Waals surface area (Å²) in [5.41, 5.74) is 0.983. The predicted octanol–water partition coefficient (Wildman–Crippen LogP) is 2.71. The zero-order valence-corrected chi connectivity index (χ0v) is 12.3. The van der Waals surface area contributed by atoms with Gasteiger partial charge in [-0.1, -0.05) is 17.7 Å². The molecule has 1 N–H and O–H groups in total. The smallest absolute Gasteiger partial charge is 0.339 e. The van der Waals surface area contributed by atoms with Crippen LogP contribution in [0.25, 0.3) is 0 Å². The van der Waals surface area contributed by atoms with Crippen LogP contribution < -0.4 is 4.90 Å². The number of piperazine rings is 1. The summed E-state index contributed by atoms with van der Waals surface area (Å²) < 4.78 is 0. The predicted molar refractivity (Wildman–Crippen MR) is 79.8 cm³/mol. The zero-order valence-electron chi connectivity index (χ0n) is 11.6. The Bertz CT molecular complexity index is 535. The maximum atomic E-state index is 11.5. The highest BCUT2D eigenvalue weighted by Gasteiger charge is 2.35. The summed E-state index contributed by atoms with van der Waals surface area (Å²) in [5, 5.41) is 9.75. The molecule has 0 radical (unpaired) electrons. The normalized spacial score (nSPS) is 26.6. The van der Waals surface area contributed by atoms with Crippen LogP contribution in [0.5, 0.6) is 0 Å². The Morgan fingerprint density at radius 3 is 2.95 bits per heavy atom. The van der Waals surface area contributed by atoms with E-state index in [1.54, 1.807) is 6.07 Å². The molecule has 3 rings (SSSR count). The molecule has 108 valence electrons. The summed E-state index contributed by atoms with van der Waals surface area (Å²) in [4.78, 5) is 16.2. The van der Waals surface area contributed by atoms with Crippen molar-refractivity contribution in [2.24, 2.45) is 0 Å². The van der Waals surface area contributed by atoms with Gasteiger partial charge in [-0.2, -0.15) is 0 Å². The van der Waals surface area contributed by atoms with Crippen LogP contribution in [0.15, 0.2) is 18.2 Å². The molecule has 0 spiro atoms. The average Bonchev–Trinajstić information content (AvgIpc) is 2.84. The summed E-state index contributed by atoms with van der Waals surface area (Å²) >= 11 is 6.08. The average molecular weight is 295 g/mol. The van der Waals surface area contributed by atoms with Crippen molar-refractivity contribution in [3.05, 3.63) is 28.8 Å². The van der Waals surface area contributed by atoms with E-state index in [2.05, 4.69) is 16.7 Å². The van der Waals surface area contributed by atoms with Crippen LogP contribution in [0.1, 0.15) is 30.1 Å². The molecule has 2 fully saturated rings. The van der Waals surface area contributed by atoms with E-state index in [4.69, 9.17) is 11.6 Å². The largest absolute Gasteiger partial charge is 0.478 e. The third kappa shape index (κ3) is 2.27. The van der Waals surface area contributed by atoms with Crippen molar-refractivity contribution in [2.75, 3.05) is 24.5 Å². The van der Waals surface area contributed by atoms with Gasteiger partial charge in [-0.25, -0.2) is 4.79 Å². The molecular formula is C15H19ClN2O2. The molecule has 2 aliphatic heterocycles. The highest BCUT2D eigenvalue weighted by molar-refractivity contribution is 6.34. The van der Waals surface area contributed by atoms with Crippen LogP contribution >= 0.6 is 11.6 Å². The number of carboxylic acid groups (broad SMARTS) is 1. The quantitative estimate of drug-likeness (QED) is 0.911. The third-order valence-electron chi connectivity index (χ3n) is 4.45. The van der Waals surface area contributed by atoms with E-state index in [1.165, 1.54) is 19.4 Å². The molecule has 0 bridgehead atoms. The lowest BCUT2D eigenvalue weighted by Crippen LogP contribution is -2.55. The van der Waals surface area contributed by atoms with Crippen LogP contribution in [0.4, 0.5) is 5.69 Å². The van der Waals surface area contributed by atoms with E-state index >= 15 is 0 Å². The molecule has 2 unspecified atom stereocenters. The Balaban J connectivity index is 1.96. The first-order valence-corrected chi connectivity index (χ1v) is 7.48. The summed E-state index contributed by atoms with van der Waals surface area (Å²) in [6.07, 6.45) is 2.44. The first-order valence-electron chi connectivity index (χ1n) is 7.10. The number of benzene rings is 1. The van der Waals surface area contributed by atoms with Gasteiger partial charge >= 0.3 is 5.97 Å². The second-order valence-electron chi connectivity index (χ2n) is 5.73. The van der Waals surface area contributed by atoms with Crippen molar-refractivity contribution in [3.63, 3.8) is 0 Å². The van der Waals surface area contributed by atoms with Crippen molar-refractivity contribution in [1.82, 2.24) is 4.90 Å². The summed E-state index contributed by atoms with van der Waals surface area (Å²) in [6, 6.07) is 6.20. The van der Waals surface area contributed by atoms with E-state index in [0.29, 0.717) is 17.1 Å². The Morgan fingerprint density at radius 1 is 1.40 bits per heavy atom. The SMILES string of the molecule is CC1CN2CCCC2CN1c1cccc(Cl)c1C(=O)O. The topological polar surface area (TPSA) is 43.8 Å². The van der Waals surface area contributed by atoms with Gasteiger partial charge in [0, 0.05) is 25.2 Å². The summed E-state index contributed by atoms with van der Waals surface area (Å²) in [7, 11) is 0. The van der Waals surface area contributed by atoms with E-state index < -0.39 is 5.97 Å². The lowest BCUT2D eigenvalue weighted by Gasteiger charge is -2.44. The van der Waals surface area contributed by atoms with Crippen molar-refractivity contribution in [2.45, 2.75) is 31.8 Å². The molecule has 1 aromatic carbocycles. The number of fused-ring (bicyclic) bond motifs is 1. The lowest BCUT2D eigenvalue weighted by atomic mass is 10.0. The Morgan fingerprint density at radius 2 is 2.20 bits per heavy atom. The highest BCUT2D eigenvalue weighted by Crippen LogP contribution is 2.33. The minimum atomic E-state index is -0.952. The Labute approximate surface area is 123 Å². The van der Waals surface area contributed by atoms with Gasteiger partial charge in [-0.3, -0.25) is 4.90 Å². The van der Waals surface area contributed by atoms with Gasteiger partial charge < -0.3 is 10.0 Å². The standard InChI is InChI=1S/C15H19ClN2O2/c1-10-8-17-7-3-4-11(17)9-18(10)13-6-2-5-12(16)14(13)15(19)20/h2,5-6,10-11H,3-4,7-9H2,1H3,(H,19,20). The molecule has 1 aromatic rings. The van der Waals surface area contributed by atoms with E-state index in [-0.39, 0.29) is 5.56 Å². The molecule has 2 atom stereocenters. The number of rotatable bonds is 2. The van der Waals surface area contributed by atoms with Crippen LogP contribution in [0.2, 0.25) is 5.02 Å². The van der Waals surface area contributed by atoms with Gasteiger partial charge in [0.2, 0.25) is 0 Å². The molecular weight excluding hydrogens is 276 g/mol. The molecule has 0 saturated carbocycles. The van der Waals surface area contributed by atoms with Crippen LogP contribution in [0, 0.1) is 0 Å². The number of carboxylic acids is 1. The van der Waals surface area contributed by atoms with Gasteiger partial charge in [-0.05, 0) is 38.4 Å². The Hall–Kier alpha value is -1.26. The number of anilines is 1. The Kier molecular flexibility index (Phi) is 3.61. The van der Waals surface area contributed by atoms with Gasteiger partial charge in [-0.15, -0.1) is 0 Å². The lowest BCUT2D eigenvalue weighted by molar-refractivity contribution is 0.0697. The van der Waals surface area contributed by atoms with Crippen molar-refractivity contribution < 1.29 is 9.90 Å². The van der Waals surface area contributed by atoms with E-state index in [1.807, 2.05) is 12.1 Å². The molecule has 0 aromatic heterocycles. The number of hydrogen-bond acceptors (Lipinski definition) is 3. The number of halogens is 1. The van der Waals surface area contributed by atoms with E-state index in [9.17, 15) is 9.90 Å². The molecule has 2 aliphatic rings. The summed E-state index contributed by atoms with van der Waals surface area (Å²) in [5.74, 6) is -0.952. The molecule has 20 heavy (non-hydrogen) atoms. The molecule has 4 nitrogen and oxygen atoms in total. The molecule has 0 aliphatic carbocycles. The van der Waals surface area contributed by atoms with Crippen molar-refractivity contribution >= 4 is 23.3 Å². The fourth-order valence-corrected chi connectivity index (χ4v) is 3.74. The van der Waals surface area contributed by atoms with Crippen molar-refractivity contribution in [1.29, 1.82) is 0 Å². The number of aromatic carboxylic acids is 1. The highest BCUT2D eigenvalue weighted by atomic mass is 35.5. The van der Waals surface area contributed by atoms with E-state index in [0.717, 1.165) is 18.8 Å². The van der Waals surface area contributed by atoms with Crippen LogP contribution in [-0.2, 0) is 0 Å². The zero-order chi connectivity index (χ0) is 14.3. The second kappa shape index (κ2) is 5.26. The maximum Gasteiger partial charge on any atom is 0.339 e. The molecule has 2 saturated heterocycles. The minimum Gasteiger partial charge on any atom is -0.478 e. The summed E-state index contributed by atoms with van der Waals surface area (Å²) in [6.45, 7) is 5.21. The first-order chi connectivity index (χ1) is 9.58. The number of carbonyl (C=O) groups is 1. The van der Waals surface area contributed by atoms with Crippen LogP contribution in [-0.4, -0.2) is 47.7 Å². The fraction of sp³-hybridized carbons (Fsp3) is 0.533. The number of nitrogens with zero attached hydrogens (tertiary/aromatic N) is 2. The minimum absolute atomic E-state index is 0.229. The number of hydrogen-bond donors (Lipinski definition) is 1. The second-order valence-corrected chi connectivity index (χ2v) is 6.14. The monoisotopic (exact) mass is 294 g/mol. The fourth-order valence-electron chi connectivity index (χ4n) is 3.49. The van der Waals surface area contributed by atoms with Crippen molar-refractivity contribution in [3.8, 4) is 0 Å².